The standard InChI is InChI=1S/C18H20N2O3/c1-13(14-8-4-3-5-9-14)20-17(21)12-19-18(22)15-10-6-7-11-16(15)23-2/h3-11,13H,12H2,1-2H3,(H,19,22)(H,20,21). The van der Waals surface area contributed by atoms with Gasteiger partial charge in [-0.3, -0.25) is 9.59 Å². The summed E-state index contributed by atoms with van der Waals surface area (Å²) in [4.78, 5) is 24.1. The first kappa shape index (κ1) is 16.5. The molecule has 120 valence electrons. The lowest BCUT2D eigenvalue weighted by atomic mass is 10.1. The van der Waals surface area contributed by atoms with E-state index in [0.29, 0.717) is 11.3 Å². The van der Waals surface area contributed by atoms with Crippen LogP contribution in [0.15, 0.2) is 54.6 Å². The molecular weight excluding hydrogens is 292 g/mol. The second kappa shape index (κ2) is 7.98. The van der Waals surface area contributed by atoms with E-state index in [1.54, 1.807) is 24.3 Å². The van der Waals surface area contributed by atoms with Crippen molar-refractivity contribution in [2.75, 3.05) is 13.7 Å². The SMILES string of the molecule is COc1ccccc1C(=O)NCC(=O)NC(C)c1ccccc1. The summed E-state index contributed by atoms with van der Waals surface area (Å²) in [5.74, 6) is -0.113. The molecule has 0 aliphatic carbocycles. The van der Waals surface area contributed by atoms with E-state index in [1.165, 1.54) is 7.11 Å². The van der Waals surface area contributed by atoms with Crippen LogP contribution in [0.3, 0.4) is 0 Å². The van der Waals surface area contributed by atoms with Crippen LogP contribution in [-0.2, 0) is 4.79 Å². The maximum Gasteiger partial charge on any atom is 0.255 e. The summed E-state index contributed by atoms with van der Waals surface area (Å²) in [7, 11) is 1.50. The van der Waals surface area contributed by atoms with Gasteiger partial charge in [0.1, 0.15) is 5.75 Å². The van der Waals surface area contributed by atoms with Crippen molar-refractivity contribution in [1.29, 1.82) is 0 Å². The van der Waals surface area contributed by atoms with Crippen LogP contribution in [0.25, 0.3) is 0 Å². The molecule has 0 spiro atoms. The molecule has 2 aromatic rings. The van der Waals surface area contributed by atoms with Crippen molar-refractivity contribution < 1.29 is 14.3 Å². The molecule has 2 aromatic carbocycles. The molecule has 0 bridgehead atoms. The van der Waals surface area contributed by atoms with Crippen LogP contribution in [-0.4, -0.2) is 25.5 Å². The van der Waals surface area contributed by atoms with Crippen LogP contribution in [0.4, 0.5) is 0 Å². The number of hydrogen-bond acceptors (Lipinski definition) is 3. The molecule has 5 nitrogen and oxygen atoms in total. The van der Waals surface area contributed by atoms with Gasteiger partial charge in [0.2, 0.25) is 5.91 Å². The molecule has 0 saturated carbocycles. The fraction of sp³-hybridized carbons (Fsp3) is 0.222. The van der Waals surface area contributed by atoms with Gasteiger partial charge < -0.3 is 15.4 Å². The minimum absolute atomic E-state index is 0.0892. The summed E-state index contributed by atoms with van der Waals surface area (Å²) in [5.41, 5.74) is 1.41. The van der Waals surface area contributed by atoms with E-state index >= 15 is 0 Å². The minimum atomic E-state index is -0.343. The topological polar surface area (TPSA) is 67.4 Å². The second-order valence-corrected chi connectivity index (χ2v) is 5.08. The zero-order chi connectivity index (χ0) is 16.7. The van der Waals surface area contributed by atoms with Gasteiger partial charge in [0.25, 0.3) is 5.91 Å². The number of hydrogen-bond donors (Lipinski definition) is 2. The average Bonchev–Trinajstić information content (AvgIpc) is 2.60. The lowest BCUT2D eigenvalue weighted by Gasteiger charge is -2.15. The van der Waals surface area contributed by atoms with E-state index in [2.05, 4.69) is 10.6 Å². The molecular formula is C18H20N2O3. The third kappa shape index (κ3) is 4.57. The lowest BCUT2D eigenvalue weighted by molar-refractivity contribution is -0.120. The number of methoxy groups -OCH3 is 1. The molecule has 0 radical (unpaired) electrons. The highest BCUT2D eigenvalue weighted by atomic mass is 16.5. The molecule has 2 N–H and O–H groups in total. The quantitative estimate of drug-likeness (QED) is 0.860. The Labute approximate surface area is 135 Å². The van der Waals surface area contributed by atoms with Gasteiger partial charge in [0.15, 0.2) is 0 Å². The van der Waals surface area contributed by atoms with Crippen LogP contribution < -0.4 is 15.4 Å². The normalized spacial score (nSPS) is 11.4. The molecule has 0 aromatic heterocycles. The monoisotopic (exact) mass is 312 g/mol. The van der Waals surface area contributed by atoms with Crippen molar-refractivity contribution in [2.45, 2.75) is 13.0 Å². The highest BCUT2D eigenvalue weighted by Crippen LogP contribution is 2.16. The molecule has 0 heterocycles. The van der Waals surface area contributed by atoms with E-state index in [1.807, 2.05) is 37.3 Å². The molecule has 1 atom stereocenters. The van der Waals surface area contributed by atoms with Gasteiger partial charge in [0, 0.05) is 0 Å². The largest absolute Gasteiger partial charge is 0.496 e. The number of ether oxygens (including phenoxy) is 1. The summed E-state index contributed by atoms with van der Waals surface area (Å²) < 4.78 is 5.13. The Morgan fingerprint density at radius 3 is 2.39 bits per heavy atom. The van der Waals surface area contributed by atoms with Gasteiger partial charge in [-0.05, 0) is 24.6 Å². The summed E-state index contributed by atoms with van der Waals surface area (Å²) >= 11 is 0. The zero-order valence-electron chi connectivity index (χ0n) is 13.2. The number of nitrogens with one attached hydrogen (secondary N) is 2. The van der Waals surface area contributed by atoms with E-state index in [0.717, 1.165) is 5.56 Å². The summed E-state index contributed by atoms with van der Waals surface area (Å²) in [6.45, 7) is 1.81. The third-order valence-electron chi connectivity index (χ3n) is 3.44. The molecule has 5 heteroatoms. The maximum atomic E-state index is 12.1. The van der Waals surface area contributed by atoms with Gasteiger partial charge in [0.05, 0.1) is 25.3 Å². The zero-order valence-corrected chi connectivity index (χ0v) is 13.2. The summed E-state index contributed by atoms with van der Waals surface area (Å²) in [5, 5.41) is 5.45. The van der Waals surface area contributed by atoms with Crippen molar-refractivity contribution >= 4 is 11.8 Å². The Balaban J connectivity index is 1.88. The number of carbonyl (C=O) groups is 2. The van der Waals surface area contributed by atoms with Gasteiger partial charge in [-0.15, -0.1) is 0 Å². The Morgan fingerprint density at radius 2 is 1.70 bits per heavy atom. The molecule has 0 saturated heterocycles. The Kier molecular flexibility index (Phi) is 5.74. The van der Waals surface area contributed by atoms with E-state index in [4.69, 9.17) is 4.74 Å². The van der Waals surface area contributed by atoms with Crippen molar-refractivity contribution in [3.8, 4) is 5.75 Å². The van der Waals surface area contributed by atoms with Crippen molar-refractivity contribution in [3.05, 3.63) is 65.7 Å². The summed E-state index contributed by atoms with van der Waals surface area (Å²) in [6.07, 6.45) is 0. The Morgan fingerprint density at radius 1 is 1.04 bits per heavy atom. The van der Waals surface area contributed by atoms with Gasteiger partial charge >= 0.3 is 0 Å². The fourth-order valence-corrected chi connectivity index (χ4v) is 2.21. The van der Waals surface area contributed by atoms with Crippen LogP contribution in [0.1, 0.15) is 28.9 Å². The minimum Gasteiger partial charge on any atom is -0.496 e. The molecule has 2 amide bonds. The highest BCUT2D eigenvalue weighted by molar-refractivity contribution is 5.98. The lowest BCUT2D eigenvalue weighted by Crippen LogP contribution is -2.38. The van der Waals surface area contributed by atoms with Gasteiger partial charge in [-0.2, -0.15) is 0 Å². The van der Waals surface area contributed by atoms with E-state index < -0.39 is 0 Å². The predicted molar refractivity (Wildman–Crippen MR) is 88.3 cm³/mol. The number of amides is 2. The number of carbonyl (C=O) groups excluding carboxylic acids is 2. The number of rotatable bonds is 6. The van der Waals surface area contributed by atoms with Crippen molar-refractivity contribution in [1.82, 2.24) is 10.6 Å². The molecule has 0 aliphatic heterocycles. The number of benzene rings is 2. The molecule has 1 unspecified atom stereocenters. The van der Waals surface area contributed by atoms with Crippen LogP contribution >= 0.6 is 0 Å². The van der Waals surface area contributed by atoms with Crippen LogP contribution in [0, 0.1) is 0 Å². The van der Waals surface area contributed by atoms with E-state index in [-0.39, 0.29) is 24.4 Å². The first-order chi connectivity index (χ1) is 11.1. The Hall–Kier alpha value is -2.82. The van der Waals surface area contributed by atoms with Gasteiger partial charge in [-0.25, -0.2) is 0 Å². The number of para-hydroxylation sites is 1. The van der Waals surface area contributed by atoms with Gasteiger partial charge in [-0.1, -0.05) is 42.5 Å². The smallest absolute Gasteiger partial charge is 0.255 e. The summed E-state index contributed by atoms with van der Waals surface area (Å²) in [6, 6.07) is 16.4. The predicted octanol–water partition coefficient (Wildman–Crippen LogP) is 2.30. The molecule has 2 rings (SSSR count). The van der Waals surface area contributed by atoms with E-state index in [9.17, 15) is 9.59 Å². The van der Waals surface area contributed by atoms with Crippen molar-refractivity contribution in [3.63, 3.8) is 0 Å². The fourth-order valence-electron chi connectivity index (χ4n) is 2.21. The first-order valence-electron chi connectivity index (χ1n) is 7.37. The van der Waals surface area contributed by atoms with Crippen LogP contribution in [0.5, 0.6) is 5.75 Å². The molecule has 0 fully saturated rings. The van der Waals surface area contributed by atoms with Crippen LogP contribution in [0.2, 0.25) is 0 Å². The first-order valence-corrected chi connectivity index (χ1v) is 7.37. The average molecular weight is 312 g/mol. The second-order valence-electron chi connectivity index (χ2n) is 5.08. The Bertz CT molecular complexity index is 671. The van der Waals surface area contributed by atoms with Crippen molar-refractivity contribution in [2.24, 2.45) is 0 Å². The maximum absolute atomic E-state index is 12.1. The molecule has 23 heavy (non-hydrogen) atoms. The molecule has 0 aliphatic rings. The highest BCUT2D eigenvalue weighted by Gasteiger charge is 2.14. The third-order valence-corrected chi connectivity index (χ3v) is 3.44.